The number of nitrogens with one attached hydrogen (secondary N) is 1. The highest BCUT2D eigenvalue weighted by molar-refractivity contribution is 6.30. The van der Waals surface area contributed by atoms with Crippen LogP contribution in [0.1, 0.15) is 21.5 Å². The van der Waals surface area contributed by atoms with E-state index in [2.05, 4.69) is 5.32 Å². The first kappa shape index (κ1) is 18.8. The van der Waals surface area contributed by atoms with E-state index in [4.69, 9.17) is 16.3 Å². The molecular formula is C17H13ClF3NO3. The molecule has 0 bridgehead atoms. The van der Waals surface area contributed by atoms with Crippen LogP contribution < -0.4 is 5.32 Å². The third-order valence-electron chi connectivity index (χ3n) is 3.19. The molecule has 0 fully saturated rings. The van der Waals surface area contributed by atoms with Crippen molar-refractivity contribution in [1.82, 2.24) is 5.32 Å². The Balaban J connectivity index is 1.80. The molecule has 0 saturated carbocycles. The maximum atomic E-state index is 12.4. The van der Waals surface area contributed by atoms with E-state index in [0.717, 1.165) is 29.8 Å². The van der Waals surface area contributed by atoms with E-state index in [9.17, 15) is 22.8 Å². The molecule has 8 heteroatoms. The van der Waals surface area contributed by atoms with Crippen molar-refractivity contribution in [3.8, 4) is 0 Å². The highest BCUT2D eigenvalue weighted by Gasteiger charge is 2.30. The number of rotatable bonds is 5. The normalized spacial score (nSPS) is 11.0. The summed E-state index contributed by atoms with van der Waals surface area (Å²) in [5.74, 6) is -1.41. The van der Waals surface area contributed by atoms with E-state index in [1.807, 2.05) is 0 Å². The molecule has 1 N–H and O–H groups in total. The van der Waals surface area contributed by atoms with Crippen molar-refractivity contribution >= 4 is 23.5 Å². The van der Waals surface area contributed by atoms with Crippen LogP contribution in [0.5, 0.6) is 0 Å². The van der Waals surface area contributed by atoms with E-state index in [1.54, 1.807) is 24.3 Å². The van der Waals surface area contributed by atoms with Gasteiger partial charge in [0, 0.05) is 11.6 Å². The second-order valence-corrected chi connectivity index (χ2v) is 5.49. The lowest BCUT2D eigenvalue weighted by Gasteiger charge is -2.08. The first-order chi connectivity index (χ1) is 11.8. The molecular weight excluding hydrogens is 359 g/mol. The summed E-state index contributed by atoms with van der Waals surface area (Å²) in [6, 6.07) is 10.4. The fourth-order valence-electron chi connectivity index (χ4n) is 1.86. The van der Waals surface area contributed by atoms with Crippen molar-refractivity contribution in [3.05, 3.63) is 70.2 Å². The molecule has 0 unspecified atom stereocenters. The molecule has 0 heterocycles. The first-order valence-corrected chi connectivity index (χ1v) is 7.49. The van der Waals surface area contributed by atoms with Crippen LogP contribution in [0.4, 0.5) is 13.2 Å². The summed E-state index contributed by atoms with van der Waals surface area (Å²) in [6.45, 7) is -0.304. The van der Waals surface area contributed by atoms with Gasteiger partial charge in [-0.15, -0.1) is 0 Å². The number of carbonyl (C=O) groups excluding carboxylic acids is 2. The van der Waals surface area contributed by atoms with Crippen LogP contribution in [0.25, 0.3) is 0 Å². The number of carbonyl (C=O) groups is 2. The quantitative estimate of drug-likeness (QED) is 0.813. The van der Waals surface area contributed by atoms with E-state index in [0.29, 0.717) is 5.02 Å². The third kappa shape index (κ3) is 5.79. The first-order valence-electron chi connectivity index (χ1n) is 7.11. The van der Waals surface area contributed by atoms with Gasteiger partial charge in [0.05, 0.1) is 11.1 Å². The number of halogens is 4. The van der Waals surface area contributed by atoms with Crippen LogP contribution in [-0.4, -0.2) is 18.5 Å². The Bertz CT molecular complexity index is 743. The summed E-state index contributed by atoms with van der Waals surface area (Å²) in [5.41, 5.74) is -0.130. The largest absolute Gasteiger partial charge is 0.452 e. The average molecular weight is 372 g/mol. The van der Waals surface area contributed by atoms with Crippen molar-refractivity contribution in [1.29, 1.82) is 0 Å². The molecule has 0 aliphatic heterocycles. The molecule has 2 rings (SSSR count). The predicted molar refractivity (Wildman–Crippen MR) is 85.0 cm³/mol. The Labute approximate surface area is 146 Å². The zero-order valence-electron chi connectivity index (χ0n) is 12.8. The molecule has 1 amide bonds. The second kappa shape index (κ2) is 8.02. The SMILES string of the molecule is O=C(COC(=O)c1ccc(C(F)(F)F)cc1)NCc1ccc(Cl)cc1. The van der Waals surface area contributed by atoms with Gasteiger partial charge in [-0.3, -0.25) is 4.79 Å². The van der Waals surface area contributed by atoms with Gasteiger partial charge in [0.1, 0.15) is 0 Å². The van der Waals surface area contributed by atoms with Crippen LogP contribution in [0, 0.1) is 0 Å². The summed E-state index contributed by atoms with van der Waals surface area (Å²) in [4.78, 5) is 23.4. The zero-order valence-corrected chi connectivity index (χ0v) is 13.5. The smallest absolute Gasteiger partial charge is 0.416 e. The second-order valence-electron chi connectivity index (χ2n) is 5.05. The molecule has 0 aromatic heterocycles. The van der Waals surface area contributed by atoms with Gasteiger partial charge < -0.3 is 10.1 Å². The van der Waals surface area contributed by atoms with Gasteiger partial charge in [0.15, 0.2) is 6.61 Å². The molecule has 2 aromatic rings. The maximum absolute atomic E-state index is 12.4. The standard InChI is InChI=1S/C17H13ClF3NO3/c18-14-7-1-11(2-8-14)9-22-15(23)10-25-16(24)12-3-5-13(6-4-12)17(19,20)21/h1-8H,9-10H2,(H,22,23). The van der Waals surface area contributed by atoms with Gasteiger partial charge >= 0.3 is 12.1 Å². The lowest BCUT2D eigenvalue weighted by atomic mass is 10.1. The number of esters is 1. The van der Waals surface area contributed by atoms with E-state index >= 15 is 0 Å². The van der Waals surface area contributed by atoms with Gasteiger partial charge in [0.25, 0.3) is 5.91 Å². The van der Waals surface area contributed by atoms with Crippen molar-refractivity contribution < 1.29 is 27.5 Å². The zero-order chi connectivity index (χ0) is 18.4. The molecule has 0 saturated heterocycles. The highest BCUT2D eigenvalue weighted by atomic mass is 35.5. The van der Waals surface area contributed by atoms with E-state index in [-0.39, 0.29) is 12.1 Å². The Morgan fingerprint density at radius 3 is 2.16 bits per heavy atom. The molecule has 0 radical (unpaired) electrons. The minimum absolute atomic E-state index is 0.0708. The predicted octanol–water partition coefficient (Wildman–Crippen LogP) is 3.83. The van der Waals surface area contributed by atoms with Gasteiger partial charge in [-0.2, -0.15) is 13.2 Å². The van der Waals surface area contributed by atoms with Crippen molar-refractivity contribution in [2.24, 2.45) is 0 Å². The van der Waals surface area contributed by atoms with Crippen LogP contribution in [0.2, 0.25) is 5.02 Å². The Morgan fingerprint density at radius 2 is 1.60 bits per heavy atom. The molecule has 0 spiro atoms. The van der Waals surface area contributed by atoms with E-state index in [1.165, 1.54) is 0 Å². The summed E-state index contributed by atoms with van der Waals surface area (Å²) in [6.07, 6.45) is -4.48. The lowest BCUT2D eigenvalue weighted by molar-refractivity contribution is -0.137. The Kier molecular flexibility index (Phi) is 6.03. The molecule has 0 aliphatic carbocycles. The Morgan fingerprint density at radius 1 is 1.00 bits per heavy atom. The summed E-state index contributed by atoms with van der Waals surface area (Å²) < 4.78 is 42.1. The van der Waals surface area contributed by atoms with Gasteiger partial charge in [-0.25, -0.2) is 4.79 Å². The van der Waals surface area contributed by atoms with E-state index < -0.39 is 30.2 Å². The number of alkyl halides is 3. The Hall–Kier alpha value is -2.54. The van der Waals surface area contributed by atoms with Crippen molar-refractivity contribution in [3.63, 3.8) is 0 Å². The minimum atomic E-state index is -4.48. The molecule has 0 atom stereocenters. The van der Waals surface area contributed by atoms with Crippen molar-refractivity contribution in [2.75, 3.05) is 6.61 Å². The number of amides is 1. The van der Waals surface area contributed by atoms with Gasteiger partial charge in [-0.1, -0.05) is 23.7 Å². The highest BCUT2D eigenvalue weighted by Crippen LogP contribution is 2.29. The van der Waals surface area contributed by atoms with Gasteiger partial charge in [-0.05, 0) is 42.0 Å². The average Bonchev–Trinajstić information content (AvgIpc) is 2.58. The molecule has 2 aromatic carbocycles. The third-order valence-corrected chi connectivity index (χ3v) is 3.44. The summed E-state index contributed by atoms with van der Waals surface area (Å²) in [7, 11) is 0. The number of benzene rings is 2. The minimum Gasteiger partial charge on any atom is -0.452 e. The molecule has 25 heavy (non-hydrogen) atoms. The van der Waals surface area contributed by atoms with Crippen LogP contribution in [-0.2, 0) is 22.3 Å². The van der Waals surface area contributed by atoms with Gasteiger partial charge in [0.2, 0.25) is 0 Å². The fourth-order valence-corrected chi connectivity index (χ4v) is 1.99. The van der Waals surface area contributed by atoms with Crippen LogP contribution >= 0.6 is 11.6 Å². The lowest BCUT2D eigenvalue weighted by Crippen LogP contribution is -2.28. The topological polar surface area (TPSA) is 55.4 Å². The number of ether oxygens (including phenoxy) is 1. The number of hydrogen-bond donors (Lipinski definition) is 1. The maximum Gasteiger partial charge on any atom is 0.416 e. The molecule has 0 aliphatic rings. The van der Waals surface area contributed by atoms with Crippen molar-refractivity contribution in [2.45, 2.75) is 12.7 Å². The number of hydrogen-bond acceptors (Lipinski definition) is 3. The monoisotopic (exact) mass is 371 g/mol. The summed E-state index contributed by atoms with van der Waals surface area (Å²) in [5, 5.41) is 3.12. The van der Waals surface area contributed by atoms with Crippen LogP contribution in [0.3, 0.4) is 0 Å². The summed E-state index contributed by atoms with van der Waals surface area (Å²) >= 11 is 5.74. The molecule has 132 valence electrons. The molecule has 4 nitrogen and oxygen atoms in total. The fraction of sp³-hybridized carbons (Fsp3) is 0.176. The van der Waals surface area contributed by atoms with Crippen LogP contribution in [0.15, 0.2) is 48.5 Å².